The Morgan fingerprint density at radius 2 is 1.83 bits per heavy atom. The van der Waals surface area contributed by atoms with Gasteiger partial charge in [0, 0.05) is 30.9 Å². The number of fused-ring (bicyclic) bond motifs is 1. The van der Waals surface area contributed by atoms with Crippen molar-refractivity contribution in [1.82, 2.24) is 19.9 Å². The molecule has 164 valence electrons. The number of nitrogens with one attached hydrogen (secondary N) is 1. The average molecular weight is 455 g/mol. The number of β-amino-alcohol motifs (C(OH)–C–C–N with tert-alkyl or cyclic N) is 1. The summed E-state index contributed by atoms with van der Waals surface area (Å²) >= 11 is 0. The molecule has 0 aliphatic heterocycles. The Balaban J connectivity index is 0.00000225. The molecule has 3 rings (SSSR count). The van der Waals surface area contributed by atoms with Crippen molar-refractivity contribution in [3.05, 3.63) is 52.9 Å². The summed E-state index contributed by atoms with van der Waals surface area (Å²) in [7, 11) is 1.68. The highest BCUT2D eigenvalue weighted by molar-refractivity contribution is 5.85. The van der Waals surface area contributed by atoms with Gasteiger partial charge in [0.2, 0.25) is 0 Å². The molecule has 1 atom stereocenters. The lowest BCUT2D eigenvalue weighted by atomic mass is 10.1. The molecule has 1 aromatic carbocycles. The summed E-state index contributed by atoms with van der Waals surface area (Å²) in [5.74, 6) is 1.21. The summed E-state index contributed by atoms with van der Waals surface area (Å²) in [6.07, 6.45) is 0.984. The summed E-state index contributed by atoms with van der Waals surface area (Å²) in [6.45, 7) is 6.79. The van der Waals surface area contributed by atoms with E-state index in [-0.39, 0.29) is 42.5 Å². The molecular weight excluding hydrogens is 427 g/mol. The van der Waals surface area contributed by atoms with Crippen LogP contribution >= 0.6 is 24.8 Å². The maximum absolute atomic E-state index is 12.5. The van der Waals surface area contributed by atoms with Crippen LogP contribution in [0.5, 0.6) is 5.75 Å². The molecule has 0 spiro atoms. The third-order valence-corrected chi connectivity index (χ3v) is 4.26. The van der Waals surface area contributed by atoms with E-state index in [9.17, 15) is 9.90 Å². The van der Waals surface area contributed by atoms with E-state index in [1.54, 1.807) is 37.5 Å². The maximum atomic E-state index is 12.5. The van der Waals surface area contributed by atoms with Crippen LogP contribution < -0.4 is 15.6 Å². The van der Waals surface area contributed by atoms with Gasteiger partial charge in [-0.25, -0.2) is 9.97 Å². The lowest BCUT2D eigenvalue weighted by Crippen LogP contribution is -2.42. The Bertz CT molecular complexity index is 1020. The quantitative estimate of drug-likeness (QED) is 0.594. The smallest absolute Gasteiger partial charge is 0.280 e. The van der Waals surface area contributed by atoms with Crippen molar-refractivity contribution in [1.29, 1.82) is 0 Å². The van der Waals surface area contributed by atoms with Crippen LogP contribution in [0.2, 0.25) is 0 Å². The van der Waals surface area contributed by atoms with E-state index in [0.717, 1.165) is 5.56 Å². The third kappa shape index (κ3) is 6.40. The molecule has 0 aliphatic carbocycles. The monoisotopic (exact) mass is 454 g/mol. The zero-order valence-electron chi connectivity index (χ0n) is 17.5. The Labute approximate surface area is 188 Å². The molecule has 30 heavy (non-hydrogen) atoms. The molecule has 0 bridgehead atoms. The number of hydrogen-bond acceptors (Lipinski definition) is 6. The first-order valence-electron chi connectivity index (χ1n) is 9.23. The summed E-state index contributed by atoms with van der Waals surface area (Å²) in [6, 6.07) is 10.8. The Morgan fingerprint density at radius 1 is 1.17 bits per heavy atom. The second-order valence-corrected chi connectivity index (χ2v) is 7.79. The average Bonchev–Trinajstić information content (AvgIpc) is 2.67. The molecule has 3 aromatic rings. The van der Waals surface area contributed by atoms with Crippen molar-refractivity contribution < 1.29 is 9.84 Å². The normalized spacial score (nSPS) is 12.0. The highest BCUT2D eigenvalue weighted by Crippen LogP contribution is 2.21. The zero-order chi connectivity index (χ0) is 20.3. The van der Waals surface area contributed by atoms with E-state index in [4.69, 9.17) is 4.74 Å². The first kappa shape index (κ1) is 25.8. The third-order valence-electron chi connectivity index (χ3n) is 4.26. The van der Waals surface area contributed by atoms with Gasteiger partial charge in [0.25, 0.3) is 5.56 Å². The van der Waals surface area contributed by atoms with Gasteiger partial charge in [0.1, 0.15) is 24.3 Å². The van der Waals surface area contributed by atoms with Crippen molar-refractivity contribution >= 4 is 35.8 Å². The largest absolute Gasteiger partial charge is 0.491 e. The van der Waals surface area contributed by atoms with E-state index in [1.165, 1.54) is 4.57 Å². The molecule has 2 N–H and O–H groups in total. The maximum Gasteiger partial charge on any atom is 0.280 e. The van der Waals surface area contributed by atoms with Crippen molar-refractivity contribution in [2.45, 2.75) is 32.4 Å². The van der Waals surface area contributed by atoms with Gasteiger partial charge in [0.15, 0.2) is 5.52 Å². The zero-order valence-corrected chi connectivity index (χ0v) is 19.1. The molecule has 1 unspecified atom stereocenters. The van der Waals surface area contributed by atoms with Crippen LogP contribution in [0.15, 0.2) is 47.4 Å². The molecule has 0 saturated carbocycles. The SMILES string of the molecule is Cl.Cl.Cn1c(-c2ccc(OCC(O)CNC(C)(C)C)cc2)nc2cccnc2c1=O. The Kier molecular flexibility index (Phi) is 9.24. The first-order valence-corrected chi connectivity index (χ1v) is 9.23. The minimum absolute atomic E-state index is 0. The second kappa shape index (κ2) is 10.7. The number of rotatable bonds is 6. The fourth-order valence-electron chi connectivity index (χ4n) is 2.73. The Morgan fingerprint density at radius 3 is 2.47 bits per heavy atom. The van der Waals surface area contributed by atoms with Crippen LogP contribution in [0.4, 0.5) is 0 Å². The number of halogens is 2. The second-order valence-electron chi connectivity index (χ2n) is 7.79. The van der Waals surface area contributed by atoms with Gasteiger partial charge in [-0.3, -0.25) is 9.36 Å². The van der Waals surface area contributed by atoms with E-state index in [1.807, 2.05) is 32.9 Å². The van der Waals surface area contributed by atoms with Crippen LogP contribution in [0.3, 0.4) is 0 Å². The van der Waals surface area contributed by atoms with Gasteiger partial charge in [0.05, 0.1) is 5.52 Å². The predicted molar refractivity (Wildman–Crippen MR) is 124 cm³/mol. The van der Waals surface area contributed by atoms with E-state index < -0.39 is 6.10 Å². The number of aliphatic hydroxyl groups is 1. The molecule has 2 heterocycles. The number of hydrogen-bond donors (Lipinski definition) is 2. The minimum Gasteiger partial charge on any atom is -0.491 e. The number of benzene rings is 1. The van der Waals surface area contributed by atoms with Gasteiger partial charge >= 0.3 is 0 Å². The molecule has 2 aromatic heterocycles. The lowest BCUT2D eigenvalue weighted by Gasteiger charge is -2.23. The fourth-order valence-corrected chi connectivity index (χ4v) is 2.73. The van der Waals surface area contributed by atoms with Crippen LogP contribution in [-0.4, -0.2) is 44.4 Å². The summed E-state index contributed by atoms with van der Waals surface area (Å²) < 4.78 is 7.15. The van der Waals surface area contributed by atoms with Crippen molar-refractivity contribution in [2.24, 2.45) is 7.05 Å². The molecule has 0 fully saturated rings. The van der Waals surface area contributed by atoms with Gasteiger partial charge in [-0.05, 0) is 57.2 Å². The topological polar surface area (TPSA) is 89.3 Å². The first-order chi connectivity index (χ1) is 13.2. The van der Waals surface area contributed by atoms with Crippen LogP contribution in [0.25, 0.3) is 22.4 Å². The highest BCUT2D eigenvalue weighted by Gasteiger charge is 2.13. The van der Waals surface area contributed by atoms with E-state index >= 15 is 0 Å². The summed E-state index contributed by atoms with van der Waals surface area (Å²) in [4.78, 5) is 21.2. The van der Waals surface area contributed by atoms with Crippen LogP contribution in [0.1, 0.15) is 20.8 Å². The van der Waals surface area contributed by atoms with Gasteiger partial charge in [-0.2, -0.15) is 0 Å². The number of pyridine rings is 1. The highest BCUT2D eigenvalue weighted by atomic mass is 35.5. The molecule has 0 radical (unpaired) electrons. The number of aliphatic hydroxyl groups excluding tert-OH is 1. The molecule has 7 nitrogen and oxygen atoms in total. The Hall–Kier alpha value is -2.19. The lowest BCUT2D eigenvalue weighted by molar-refractivity contribution is 0.100. The summed E-state index contributed by atoms with van der Waals surface area (Å²) in [5, 5.41) is 13.3. The van der Waals surface area contributed by atoms with Crippen molar-refractivity contribution in [3.63, 3.8) is 0 Å². The number of aromatic nitrogens is 3. The number of ether oxygens (including phenoxy) is 1. The van der Waals surface area contributed by atoms with E-state index in [0.29, 0.717) is 29.2 Å². The number of nitrogens with zero attached hydrogens (tertiary/aromatic N) is 3. The minimum atomic E-state index is -0.602. The fraction of sp³-hybridized carbons (Fsp3) is 0.381. The van der Waals surface area contributed by atoms with Gasteiger partial charge in [-0.1, -0.05) is 0 Å². The molecule has 0 aliphatic rings. The van der Waals surface area contributed by atoms with Crippen LogP contribution in [0, 0.1) is 0 Å². The standard InChI is InChI=1S/C21H26N4O3.2ClH/c1-21(2,3)23-12-15(26)13-28-16-9-7-14(8-10-16)19-24-17-6-5-11-22-18(17)20(27)25(19)4;;/h5-11,15,23,26H,12-13H2,1-4H3;2*1H. The van der Waals surface area contributed by atoms with E-state index in [2.05, 4.69) is 15.3 Å². The van der Waals surface area contributed by atoms with Crippen molar-refractivity contribution in [3.8, 4) is 17.1 Å². The van der Waals surface area contributed by atoms with Crippen LogP contribution in [-0.2, 0) is 7.05 Å². The molecular formula is C21H28Cl2N4O3. The van der Waals surface area contributed by atoms with Gasteiger partial charge in [-0.15, -0.1) is 24.8 Å². The molecule has 0 saturated heterocycles. The van der Waals surface area contributed by atoms with Gasteiger partial charge < -0.3 is 15.2 Å². The van der Waals surface area contributed by atoms with Crippen molar-refractivity contribution in [2.75, 3.05) is 13.2 Å². The predicted octanol–water partition coefficient (Wildman–Crippen LogP) is 2.97. The summed E-state index contributed by atoms with van der Waals surface area (Å²) in [5.41, 5.74) is 1.48. The molecule has 9 heteroatoms. The molecule has 0 amide bonds.